The topological polar surface area (TPSA) is 59.1 Å². The molecule has 4 nitrogen and oxygen atoms in total. The van der Waals surface area contributed by atoms with E-state index in [0.717, 1.165) is 23.7 Å². The number of halogens is 4. The van der Waals surface area contributed by atoms with Crippen LogP contribution >= 0.6 is 22.9 Å². The number of aromatic nitrogens is 1. The highest BCUT2D eigenvalue weighted by Crippen LogP contribution is 2.31. The van der Waals surface area contributed by atoms with E-state index in [2.05, 4.69) is 4.98 Å². The highest BCUT2D eigenvalue weighted by atomic mass is 35.5. The second kappa shape index (κ2) is 5.82. The summed E-state index contributed by atoms with van der Waals surface area (Å²) in [6.45, 7) is 0. The average molecular weight is 335 g/mol. The van der Waals surface area contributed by atoms with Gasteiger partial charge < -0.3 is 0 Å². The number of carbonyl (C=O) groups is 2. The maximum atomic E-state index is 12.8. The van der Waals surface area contributed by atoms with E-state index >= 15 is 0 Å². The Morgan fingerprint density at radius 1 is 1.19 bits per heavy atom. The second-order valence-electron chi connectivity index (χ2n) is 3.81. The highest BCUT2D eigenvalue weighted by molar-refractivity contribution is 7.18. The maximum Gasteiger partial charge on any atom is 0.417 e. The number of hydrogen-bond acceptors (Lipinski definition) is 4. The molecule has 0 saturated heterocycles. The molecular formula is C12H6ClF3N2O2S. The van der Waals surface area contributed by atoms with Gasteiger partial charge in [-0.3, -0.25) is 19.9 Å². The summed E-state index contributed by atoms with van der Waals surface area (Å²) >= 11 is 6.54. The van der Waals surface area contributed by atoms with Crippen molar-refractivity contribution in [3.05, 3.63) is 50.9 Å². The fourth-order valence-electron chi connectivity index (χ4n) is 1.49. The molecule has 0 spiro atoms. The summed E-state index contributed by atoms with van der Waals surface area (Å²) in [6.07, 6.45) is -3.04. The summed E-state index contributed by atoms with van der Waals surface area (Å²) in [7, 11) is 0. The molecule has 1 N–H and O–H groups in total. The van der Waals surface area contributed by atoms with Crippen LogP contribution in [0.25, 0.3) is 0 Å². The molecule has 110 valence electrons. The fraction of sp³-hybridized carbons (Fsp3) is 0.0833. The van der Waals surface area contributed by atoms with E-state index in [1.54, 1.807) is 0 Å². The van der Waals surface area contributed by atoms with Gasteiger partial charge in [0.15, 0.2) is 0 Å². The van der Waals surface area contributed by atoms with Crippen LogP contribution < -0.4 is 5.32 Å². The number of rotatable bonds is 2. The predicted octanol–water partition coefficient (Wildman–Crippen LogP) is 3.39. The normalized spacial score (nSPS) is 11.2. The Hall–Kier alpha value is -1.93. The van der Waals surface area contributed by atoms with Crippen LogP contribution in [-0.4, -0.2) is 16.8 Å². The van der Waals surface area contributed by atoms with Gasteiger partial charge in [0, 0.05) is 12.4 Å². The summed E-state index contributed by atoms with van der Waals surface area (Å²) in [5.41, 5.74) is -1.88. The number of nitrogens with zero attached hydrogens (tertiary/aromatic N) is 1. The van der Waals surface area contributed by atoms with E-state index in [1.165, 1.54) is 12.1 Å². The molecule has 0 aliphatic heterocycles. The lowest BCUT2D eigenvalue weighted by atomic mass is 10.1. The molecule has 0 aliphatic rings. The molecule has 2 rings (SSSR count). The van der Waals surface area contributed by atoms with Crippen LogP contribution in [0.5, 0.6) is 0 Å². The lowest BCUT2D eigenvalue weighted by Gasteiger charge is -2.11. The summed E-state index contributed by atoms with van der Waals surface area (Å²) in [5, 5.41) is 1.87. The van der Waals surface area contributed by atoms with Crippen molar-refractivity contribution in [1.82, 2.24) is 10.3 Å². The maximum absolute atomic E-state index is 12.8. The predicted molar refractivity (Wildman–Crippen MR) is 70.4 cm³/mol. The van der Waals surface area contributed by atoms with Crippen molar-refractivity contribution < 1.29 is 22.8 Å². The van der Waals surface area contributed by atoms with Crippen molar-refractivity contribution in [3.63, 3.8) is 0 Å². The zero-order valence-electron chi connectivity index (χ0n) is 10.1. The van der Waals surface area contributed by atoms with Gasteiger partial charge in [0.2, 0.25) is 0 Å². The van der Waals surface area contributed by atoms with Crippen molar-refractivity contribution in [2.45, 2.75) is 6.18 Å². The van der Waals surface area contributed by atoms with Crippen LogP contribution in [0.4, 0.5) is 13.2 Å². The number of carbonyl (C=O) groups excluding carboxylic acids is 2. The lowest BCUT2D eigenvalue weighted by Crippen LogP contribution is -2.31. The smallest absolute Gasteiger partial charge is 0.287 e. The zero-order valence-corrected chi connectivity index (χ0v) is 11.6. The Labute approximate surface area is 125 Å². The van der Waals surface area contributed by atoms with Crippen LogP contribution in [0, 0.1) is 0 Å². The minimum absolute atomic E-state index is 0.116. The SMILES string of the molecule is O=C(NC(=O)c1cnccc1C(F)(F)F)c1ccc(Cl)s1. The monoisotopic (exact) mass is 334 g/mol. The second-order valence-corrected chi connectivity index (χ2v) is 5.52. The fourth-order valence-corrected chi connectivity index (χ4v) is 2.43. The molecule has 0 saturated carbocycles. The molecule has 2 amide bonds. The number of nitrogens with one attached hydrogen (secondary N) is 1. The van der Waals surface area contributed by atoms with Crippen molar-refractivity contribution in [2.75, 3.05) is 0 Å². The third-order valence-corrected chi connectivity index (χ3v) is 3.63. The Morgan fingerprint density at radius 3 is 2.48 bits per heavy atom. The summed E-state index contributed by atoms with van der Waals surface area (Å²) in [6, 6.07) is 3.47. The molecule has 2 aromatic rings. The minimum atomic E-state index is -4.72. The molecule has 9 heteroatoms. The first-order chi connectivity index (χ1) is 9.79. The number of amides is 2. The molecule has 0 unspecified atom stereocenters. The van der Waals surface area contributed by atoms with Gasteiger partial charge in [-0.2, -0.15) is 13.2 Å². The number of alkyl halides is 3. The largest absolute Gasteiger partial charge is 0.417 e. The van der Waals surface area contributed by atoms with Crippen molar-refractivity contribution in [3.8, 4) is 0 Å². The quantitative estimate of drug-likeness (QED) is 0.856. The van der Waals surface area contributed by atoms with Gasteiger partial charge in [0.1, 0.15) is 0 Å². The standard InChI is InChI=1S/C12H6ClF3N2O2S/c13-9-2-1-8(21-9)11(20)18-10(19)6-5-17-4-3-7(6)12(14,15)16/h1-5H,(H,18,19,20). The Bertz CT molecular complexity index is 700. The van der Waals surface area contributed by atoms with Crippen LogP contribution in [0.3, 0.4) is 0 Å². The lowest BCUT2D eigenvalue weighted by molar-refractivity contribution is -0.138. The van der Waals surface area contributed by atoms with E-state index in [1.807, 2.05) is 5.32 Å². The molecule has 0 bridgehead atoms. The van der Waals surface area contributed by atoms with E-state index in [9.17, 15) is 22.8 Å². The highest BCUT2D eigenvalue weighted by Gasteiger charge is 2.35. The molecule has 0 fully saturated rings. The van der Waals surface area contributed by atoms with Gasteiger partial charge in [0.05, 0.1) is 20.3 Å². The number of pyridine rings is 1. The molecule has 21 heavy (non-hydrogen) atoms. The Balaban J connectivity index is 2.24. The van der Waals surface area contributed by atoms with Crippen LogP contribution in [0.1, 0.15) is 25.6 Å². The van der Waals surface area contributed by atoms with Crippen LogP contribution in [-0.2, 0) is 6.18 Å². The summed E-state index contributed by atoms with van der Waals surface area (Å²) in [4.78, 5) is 27.1. The zero-order chi connectivity index (χ0) is 15.6. The number of hydrogen-bond donors (Lipinski definition) is 1. The van der Waals surface area contributed by atoms with Gasteiger partial charge in [0.25, 0.3) is 11.8 Å². The summed E-state index contributed by atoms with van der Waals surface area (Å²) < 4.78 is 38.6. The molecule has 0 aliphatic carbocycles. The summed E-state index contributed by atoms with van der Waals surface area (Å²) in [5.74, 6) is -2.00. The van der Waals surface area contributed by atoms with E-state index in [4.69, 9.17) is 11.6 Å². The van der Waals surface area contributed by atoms with Crippen LogP contribution in [0.15, 0.2) is 30.6 Å². The first-order valence-corrected chi connectivity index (χ1v) is 6.60. The third-order valence-electron chi connectivity index (χ3n) is 2.40. The van der Waals surface area contributed by atoms with Crippen molar-refractivity contribution in [1.29, 1.82) is 0 Å². The molecule has 0 aromatic carbocycles. The van der Waals surface area contributed by atoms with Gasteiger partial charge in [-0.05, 0) is 18.2 Å². The van der Waals surface area contributed by atoms with Gasteiger partial charge in [-0.1, -0.05) is 11.6 Å². The molecule has 2 aromatic heterocycles. The van der Waals surface area contributed by atoms with E-state index in [-0.39, 0.29) is 4.88 Å². The van der Waals surface area contributed by atoms with Gasteiger partial charge in [-0.25, -0.2) is 0 Å². The van der Waals surface area contributed by atoms with Gasteiger partial charge >= 0.3 is 6.18 Å². The van der Waals surface area contributed by atoms with Crippen molar-refractivity contribution >= 4 is 34.8 Å². The minimum Gasteiger partial charge on any atom is -0.287 e. The van der Waals surface area contributed by atoms with E-state index < -0.39 is 29.1 Å². The van der Waals surface area contributed by atoms with E-state index in [0.29, 0.717) is 10.4 Å². The van der Waals surface area contributed by atoms with Crippen molar-refractivity contribution in [2.24, 2.45) is 0 Å². The van der Waals surface area contributed by atoms with Crippen LogP contribution in [0.2, 0.25) is 4.34 Å². The first kappa shape index (κ1) is 15.5. The molecule has 0 radical (unpaired) electrons. The Kier molecular flexibility index (Phi) is 4.29. The number of thiophene rings is 1. The Morgan fingerprint density at radius 2 is 1.90 bits per heavy atom. The number of imide groups is 1. The molecule has 0 atom stereocenters. The third kappa shape index (κ3) is 3.59. The molecular weight excluding hydrogens is 329 g/mol. The first-order valence-electron chi connectivity index (χ1n) is 5.41. The average Bonchev–Trinajstić information content (AvgIpc) is 2.84. The molecule has 2 heterocycles. The van der Waals surface area contributed by atoms with Gasteiger partial charge in [-0.15, -0.1) is 11.3 Å².